The molecule has 0 aliphatic carbocycles. The van der Waals surface area contributed by atoms with Crippen molar-refractivity contribution >= 4 is 27.8 Å². The van der Waals surface area contributed by atoms with Crippen LogP contribution in [-0.4, -0.2) is 16.1 Å². The summed E-state index contributed by atoms with van der Waals surface area (Å²) in [6.07, 6.45) is -4.18. The van der Waals surface area contributed by atoms with Gasteiger partial charge in [-0.05, 0) is 30.0 Å². The maximum Gasteiger partial charge on any atom is 0.410 e. The molecule has 0 amide bonds. The van der Waals surface area contributed by atoms with Gasteiger partial charge in [-0.15, -0.1) is 11.3 Å². The van der Waals surface area contributed by atoms with Crippen LogP contribution in [0.3, 0.4) is 0 Å². The number of allylic oxidation sites excluding steroid dienone is 1. The average Bonchev–Trinajstić information content (AvgIpc) is 3.27. The Kier molecular flexibility index (Phi) is 4.51. The lowest BCUT2D eigenvalue weighted by atomic mass is 9.96. The Morgan fingerprint density at radius 1 is 1.04 bits per heavy atom. The number of benzene rings is 2. The second-order valence-electron chi connectivity index (χ2n) is 6.50. The number of thiophene rings is 1. The van der Waals surface area contributed by atoms with Crippen molar-refractivity contribution in [3.63, 3.8) is 0 Å². The van der Waals surface area contributed by atoms with Crippen LogP contribution in [0.4, 0.5) is 13.2 Å². The Labute approximate surface area is 163 Å². The quantitative estimate of drug-likeness (QED) is 0.372. The van der Waals surface area contributed by atoms with Crippen molar-refractivity contribution in [2.75, 3.05) is 0 Å². The molecule has 0 saturated carbocycles. The van der Waals surface area contributed by atoms with Gasteiger partial charge in [-0.2, -0.15) is 17.9 Å². The second-order valence-corrected chi connectivity index (χ2v) is 7.45. The van der Waals surface area contributed by atoms with Crippen LogP contribution in [0, 0.1) is 6.92 Å². The van der Waals surface area contributed by atoms with E-state index in [2.05, 4.69) is 0 Å². The fourth-order valence-electron chi connectivity index (χ4n) is 3.38. The third kappa shape index (κ3) is 3.31. The largest absolute Gasteiger partial charge is 0.428 e. The minimum Gasteiger partial charge on any atom is -0.428 e. The van der Waals surface area contributed by atoms with E-state index in [1.165, 1.54) is 11.3 Å². The van der Waals surface area contributed by atoms with E-state index in [9.17, 15) is 18.4 Å². The number of aromatic nitrogens is 1. The van der Waals surface area contributed by atoms with Gasteiger partial charge in [0.2, 0.25) is 0 Å². The highest BCUT2D eigenvalue weighted by Gasteiger charge is 2.30. The molecule has 2 heterocycles. The Hall–Kier alpha value is -2.99. The Bertz CT molecular complexity index is 1160. The van der Waals surface area contributed by atoms with Gasteiger partial charge in [-0.1, -0.05) is 48.5 Å². The first-order valence-electron chi connectivity index (χ1n) is 8.59. The van der Waals surface area contributed by atoms with Crippen LogP contribution in [0.5, 0.6) is 0 Å². The number of halogens is 3. The summed E-state index contributed by atoms with van der Waals surface area (Å²) in [6, 6.07) is 17.7. The normalized spacial score (nSPS) is 12.6. The molecule has 0 fully saturated rings. The summed E-state index contributed by atoms with van der Waals surface area (Å²) in [5.74, 6) is 0. The minimum atomic E-state index is -4.50. The molecule has 0 bridgehead atoms. The van der Waals surface area contributed by atoms with E-state index >= 15 is 0 Å². The number of hydrogen-bond acceptors (Lipinski definition) is 2. The molecule has 0 unspecified atom stereocenters. The highest BCUT2D eigenvalue weighted by atomic mass is 32.1. The number of hydrogen-bond donors (Lipinski definition) is 1. The van der Waals surface area contributed by atoms with Gasteiger partial charge in [0.1, 0.15) is 0 Å². The number of aryl methyl sites for hydroxylation is 1. The van der Waals surface area contributed by atoms with Crippen molar-refractivity contribution in [1.29, 1.82) is 0 Å². The van der Waals surface area contributed by atoms with Crippen LogP contribution < -0.4 is 0 Å². The summed E-state index contributed by atoms with van der Waals surface area (Å²) >= 11 is 1.23. The third-order valence-corrected chi connectivity index (χ3v) is 5.41. The van der Waals surface area contributed by atoms with Crippen LogP contribution in [0.2, 0.25) is 0 Å². The standard InChI is InChI=1S/C22H16F3NOS/c1-14-9-10-16-18(12-14)26(27)21(15-6-3-2-4-7-15)20(16)17(13-22(23,24)25)19-8-5-11-28-19/h2-13,27H,1H3/b17-13-. The molecule has 142 valence electrons. The molecular weight excluding hydrogens is 383 g/mol. The monoisotopic (exact) mass is 399 g/mol. The molecule has 4 rings (SSSR count). The molecule has 0 aliphatic rings. The lowest BCUT2D eigenvalue weighted by Crippen LogP contribution is -2.04. The molecule has 0 atom stereocenters. The highest BCUT2D eigenvalue weighted by Crippen LogP contribution is 2.42. The summed E-state index contributed by atoms with van der Waals surface area (Å²) in [5.41, 5.74) is 2.76. The molecule has 6 heteroatoms. The summed E-state index contributed by atoms with van der Waals surface area (Å²) in [7, 11) is 0. The Morgan fingerprint density at radius 3 is 2.43 bits per heavy atom. The van der Waals surface area contributed by atoms with E-state index in [-0.39, 0.29) is 5.57 Å². The number of rotatable bonds is 3. The molecule has 0 aliphatic heterocycles. The van der Waals surface area contributed by atoms with Gasteiger partial charge in [-0.25, -0.2) is 0 Å². The van der Waals surface area contributed by atoms with Gasteiger partial charge < -0.3 is 5.21 Å². The first kappa shape index (κ1) is 18.4. The van der Waals surface area contributed by atoms with Gasteiger partial charge in [0, 0.05) is 33.0 Å². The van der Waals surface area contributed by atoms with Crippen LogP contribution in [-0.2, 0) is 0 Å². The summed E-state index contributed by atoms with van der Waals surface area (Å²) in [4.78, 5) is 0.489. The van der Waals surface area contributed by atoms with Gasteiger partial charge >= 0.3 is 6.18 Å². The van der Waals surface area contributed by atoms with Gasteiger partial charge in [0.05, 0.1) is 11.2 Å². The predicted octanol–water partition coefficient (Wildman–Crippen LogP) is 6.91. The number of alkyl halides is 3. The molecule has 2 nitrogen and oxygen atoms in total. The zero-order valence-corrected chi connectivity index (χ0v) is 15.7. The highest BCUT2D eigenvalue weighted by molar-refractivity contribution is 7.11. The third-order valence-electron chi connectivity index (χ3n) is 4.51. The zero-order valence-electron chi connectivity index (χ0n) is 14.9. The van der Waals surface area contributed by atoms with Gasteiger partial charge in [-0.3, -0.25) is 0 Å². The minimum absolute atomic E-state index is 0.0445. The fourth-order valence-corrected chi connectivity index (χ4v) is 4.13. The average molecular weight is 399 g/mol. The predicted molar refractivity (Wildman–Crippen MR) is 107 cm³/mol. The van der Waals surface area contributed by atoms with Gasteiger partial charge in [0.15, 0.2) is 0 Å². The zero-order chi connectivity index (χ0) is 19.9. The van der Waals surface area contributed by atoms with Crippen LogP contribution in [0.1, 0.15) is 16.0 Å². The van der Waals surface area contributed by atoms with Crippen molar-refractivity contribution in [3.05, 3.63) is 88.1 Å². The first-order valence-corrected chi connectivity index (χ1v) is 9.47. The van der Waals surface area contributed by atoms with E-state index < -0.39 is 6.18 Å². The summed E-state index contributed by atoms with van der Waals surface area (Å²) < 4.78 is 41.3. The molecule has 2 aromatic carbocycles. The molecule has 0 spiro atoms. The van der Waals surface area contributed by atoms with Crippen LogP contribution in [0.25, 0.3) is 27.7 Å². The van der Waals surface area contributed by atoms with E-state index in [0.29, 0.717) is 38.7 Å². The van der Waals surface area contributed by atoms with Crippen molar-refractivity contribution in [2.45, 2.75) is 13.1 Å². The van der Waals surface area contributed by atoms with Crippen molar-refractivity contribution in [3.8, 4) is 11.3 Å². The maximum atomic E-state index is 13.4. The van der Waals surface area contributed by atoms with Crippen molar-refractivity contribution < 1.29 is 18.4 Å². The lowest BCUT2D eigenvalue weighted by Gasteiger charge is -2.11. The topological polar surface area (TPSA) is 25.2 Å². The molecule has 0 saturated heterocycles. The fraction of sp³-hybridized carbons (Fsp3) is 0.0909. The molecule has 0 radical (unpaired) electrons. The second kappa shape index (κ2) is 6.87. The number of fused-ring (bicyclic) bond motifs is 1. The van der Waals surface area contributed by atoms with Crippen molar-refractivity contribution in [1.82, 2.24) is 4.73 Å². The number of nitrogens with zero attached hydrogens (tertiary/aromatic N) is 1. The maximum absolute atomic E-state index is 13.4. The molecule has 2 aromatic heterocycles. The summed E-state index contributed by atoms with van der Waals surface area (Å²) in [6.45, 7) is 1.88. The first-order chi connectivity index (χ1) is 13.3. The van der Waals surface area contributed by atoms with E-state index in [4.69, 9.17) is 0 Å². The molecule has 1 N–H and O–H groups in total. The van der Waals surface area contributed by atoms with Crippen molar-refractivity contribution in [2.24, 2.45) is 0 Å². The smallest absolute Gasteiger partial charge is 0.410 e. The molecule has 28 heavy (non-hydrogen) atoms. The van der Waals surface area contributed by atoms with E-state index in [0.717, 1.165) is 10.3 Å². The molecule has 4 aromatic rings. The Morgan fingerprint density at radius 2 is 1.79 bits per heavy atom. The van der Waals surface area contributed by atoms with E-state index in [1.54, 1.807) is 53.9 Å². The molecular formula is C22H16F3NOS. The van der Waals surface area contributed by atoms with Crippen LogP contribution >= 0.6 is 11.3 Å². The SMILES string of the molecule is Cc1ccc2c(/C(=C\C(F)(F)F)c3cccs3)c(-c3ccccc3)n(O)c2c1. The Balaban J connectivity index is 2.14. The van der Waals surface area contributed by atoms with E-state index in [1.807, 2.05) is 19.1 Å². The van der Waals surface area contributed by atoms with Crippen LogP contribution in [0.15, 0.2) is 72.1 Å². The lowest BCUT2D eigenvalue weighted by molar-refractivity contribution is -0.0793. The summed E-state index contributed by atoms with van der Waals surface area (Å²) in [5, 5.41) is 13.2. The van der Waals surface area contributed by atoms with Gasteiger partial charge in [0.25, 0.3) is 0 Å².